The summed E-state index contributed by atoms with van der Waals surface area (Å²) in [4.78, 5) is 0. The van der Waals surface area contributed by atoms with Crippen molar-refractivity contribution in [1.82, 2.24) is 0 Å². The molecular weight excluding hydrogens is 287 g/mol. The molecule has 0 bridgehead atoms. The third-order valence-corrected chi connectivity index (χ3v) is 3.03. The van der Waals surface area contributed by atoms with Crippen molar-refractivity contribution >= 4 is 22.6 Å². The molecule has 1 atom stereocenters. The van der Waals surface area contributed by atoms with E-state index in [1.54, 1.807) is 0 Å². The van der Waals surface area contributed by atoms with E-state index in [9.17, 15) is 0 Å². The van der Waals surface area contributed by atoms with Crippen LogP contribution in [0.1, 0.15) is 25.3 Å². The first-order valence-corrected chi connectivity index (χ1v) is 5.81. The third-order valence-electron chi connectivity index (χ3n) is 2.13. The summed E-state index contributed by atoms with van der Waals surface area (Å²) in [5, 5.41) is 0. The largest absolute Gasteiger partial charge is 0.493 e. The van der Waals surface area contributed by atoms with Crippen molar-refractivity contribution in [2.45, 2.75) is 19.8 Å². The average molecular weight is 302 g/mol. The molecule has 0 fully saturated rings. The molecule has 0 radical (unpaired) electrons. The molecule has 0 aliphatic rings. The predicted octanol–water partition coefficient (Wildman–Crippen LogP) is 3.98. The lowest BCUT2D eigenvalue weighted by Gasteiger charge is -2.11. The second-order valence-electron chi connectivity index (χ2n) is 3.15. The number of benzene rings is 1. The zero-order chi connectivity index (χ0) is 10.6. The summed E-state index contributed by atoms with van der Waals surface area (Å²) in [6.07, 6.45) is 1.94. The Hall–Kier alpha value is -0.510. The molecule has 1 nitrogen and oxygen atoms in total. The van der Waals surface area contributed by atoms with Crippen LogP contribution >= 0.6 is 22.6 Å². The van der Waals surface area contributed by atoms with Crippen LogP contribution in [0.5, 0.6) is 5.75 Å². The van der Waals surface area contributed by atoms with Gasteiger partial charge >= 0.3 is 0 Å². The quantitative estimate of drug-likeness (QED) is 0.604. The molecule has 2 heteroatoms. The normalized spacial score (nSPS) is 12.2. The number of hydrogen-bond donors (Lipinski definition) is 0. The minimum Gasteiger partial charge on any atom is -0.493 e. The molecule has 0 heterocycles. The van der Waals surface area contributed by atoms with Crippen LogP contribution in [0, 0.1) is 3.57 Å². The fourth-order valence-electron chi connectivity index (χ4n) is 1.21. The van der Waals surface area contributed by atoms with Gasteiger partial charge in [0.05, 0.1) is 10.2 Å². The first kappa shape index (κ1) is 11.6. The predicted molar refractivity (Wildman–Crippen MR) is 68.9 cm³/mol. The molecule has 0 amide bonds. The summed E-state index contributed by atoms with van der Waals surface area (Å²) >= 11 is 2.29. The Kier molecular flexibility index (Phi) is 4.45. The highest BCUT2D eigenvalue weighted by molar-refractivity contribution is 14.1. The van der Waals surface area contributed by atoms with E-state index in [2.05, 4.69) is 54.3 Å². The topological polar surface area (TPSA) is 9.23 Å². The zero-order valence-corrected chi connectivity index (χ0v) is 10.7. The molecule has 0 aliphatic heterocycles. The maximum absolute atomic E-state index is 5.53. The second kappa shape index (κ2) is 5.39. The number of ether oxygens (including phenoxy) is 1. The lowest BCUT2D eigenvalue weighted by Crippen LogP contribution is -1.96. The first-order chi connectivity index (χ1) is 6.69. The smallest absolute Gasteiger partial charge is 0.132 e. The van der Waals surface area contributed by atoms with Crippen molar-refractivity contribution in [1.29, 1.82) is 0 Å². The van der Waals surface area contributed by atoms with Crippen LogP contribution in [-0.4, -0.2) is 6.61 Å². The Balaban J connectivity index is 2.99. The van der Waals surface area contributed by atoms with Gasteiger partial charge in [0.1, 0.15) is 5.75 Å². The number of allylic oxidation sites excluding steroid dienone is 1. The average Bonchev–Trinajstić information content (AvgIpc) is 2.20. The van der Waals surface area contributed by atoms with Gasteiger partial charge in [-0.2, -0.15) is 0 Å². The van der Waals surface area contributed by atoms with E-state index >= 15 is 0 Å². The van der Waals surface area contributed by atoms with Gasteiger partial charge in [0.25, 0.3) is 0 Å². The standard InChI is InChI=1S/C12H15IO/c1-4-9(3)10-6-7-11(13)12(8-10)14-5-2/h4,6-9H,1,5H2,2-3H3. The summed E-state index contributed by atoms with van der Waals surface area (Å²) in [7, 11) is 0. The Morgan fingerprint density at radius 1 is 1.57 bits per heavy atom. The molecule has 76 valence electrons. The molecule has 0 N–H and O–H groups in total. The van der Waals surface area contributed by atoms with E-state index in [0.29, 0.717) is 12.5 Å². The van der Waals surface area contributed by atoms with Gasteiger partial charge in [-0.05, 0) is 53.1 Å². The van der Waals surface area contributed by atoms with E-state index in [4.69, 9.17) is 4.74 Å². The van der Waals surface area contributed by atoms with E-state index in [-0.39, 0.29) is 0 Å². The van der Waals surface area contributed by atoms with Crippen LogP contribution < -0.4 is 4.74 Å². The highest BCUT2D eigenvalue weighted by Gasteiger charge is 2.05. The van der Waals surface area contributed by atoms with Crippen LogP contribution in [0.25, 0.3) is 0 Å². The van der Waals surface area contributed by atoms with Gasteiger partial charge in [-0.25, -0.2) is 0 Å². The minimum atomic E-state index is 0.381. The van der Waals surface area contributed by atoms with Crippen molar-refractivity contribution < 1.29 is 4.74 Å². The zero-order valence-electron chi connectivity index (χ0n) is 8.59. The Labute approximate surface area is 99.3 Å². The van der Waals surface area contributed by atoms with E-state index in [1.807, 2.05) is 13.0 Å². The molecule has 14 heavy (non-hydrogen) atoms. The maximum atomic E-state index is 5.53. The number of hydrogen-bond acceptors (Lipinski definition) is 1. The SMILES string of the molecule is C=CC(C)c1ccc(I)c(OCC)c1. The summed E-state index contributed by atoms with van der Waals surface area (Å²) in [5.41, 5.74) is 1.25. The Morgan fingerprint density at radius 3 is 2.86 bits per heavy atom. The van der Waals surface area contributed by atoms with E-state index < -0.39 is 0 Å². The maximum Gasteiger partial charge on any atom is 0.132 e. The van der Waals surface area contributed by atoms with Crippen molar-refractivity contribution in [2.24, 2.45) is 0 Å². The fraction of sp³-hybridized carbons (Fsp3) is 0.333. The summed E-state index contributed by atoms with van der Waals surface area (Å²) < 4.78 is 6.69. The second-order valence-corrected chi connectivity index (χ2v) is 4.31. The molecule has 1 aromatic rings. The fourth-order valence-corrected chi connectivity index (χ4v) is 1.70. The van der Waals surface area contributed by atoms with E-state index in [0.717, 1.165) is 9.32 Å². The van der Waals surface area contributed by atoms with Crippen molar-refractivity contribution in [3.05, 3.63) is 40.0 Å². The summed E-state index contributed by atoms with van der Waals surface area (Å²) in [5.74, 6) is 1.35. The van der Waals surface area contributed by atoms with Crippen LogP contribution in [0.3, 0.4) is 0 Å². The van der Waals surface area contributed by atoms with Crippen LogP contribution in [0.2, 0.25) is 0 Å². The highest BCUT2D eigenvalue weighted by atomic mass is 127. The third kappa shape index (κ3) is 2.74. The van der Waals surface area contributed by atoms with Gasteiger partial charge in [-0.3, -0.25) is 0 Å². The van der Waals surface area contributed by atoms with Crippen molar-refractivity contribution in [3.8, 4) is 5.75 Å². The minimum absolute atomic E-state index is 0.381. The van der Waals surface area contributed by atoms with Crippen LogP contribution in [0.4, 0.5) is 0 Å². The number of rotatable bonds is 4. The highest BCUT2D eigenvalue weighted by Crippen LogP contribution is 2.26. The molecule has 0 aliphatic carbocycles. The Morgan fingerprint density at radius 2 is 2.29 bits per heavy atom. The summed E-state index contributed by atoms with van der Waals surface area (Å²) in [6.45, 7) is 8.63. The van der Waals surface area contributed by atoms with Gasteiger partial charge in [0.15, 0.2) is 0 Å². The Bertz CT molecular complexity index is 320. The molecule has 0 saturated carbocycles. The molecule has 0 spiro atoms. The van der Waals surface area contributed by atoms with Crippen LogP contribution in [-0.2, 0) is 0 Å². The number of halogens is 1. The van der Waals surface area contributed by atoms with Crippen molar-refractivity contribution in [3.63, 3.8) is 0 Å². The molecule has 1 aromatic carbocycles. The van der Waals surface area contributed by atoms with Crippen LogP contribution in [0.15, 0.2) is 30.9 Å². The van der Waals surface area contributed by atoms with Gasteiger partial charge in [0.2, 0.25) is 0 Å². The molecular formula is C12H15IO. The van der Waals surface area contributed by atoms with Crippen molar-refractivity contribution in [2.75, 3.05) is 6.61 Å². The lowest BCUT2D eigenvalue weighted by molar-refractivity contribution is 0.337. The first-order valence-electron chi connectivity index (χ1n) is 4.73. The van der Waals surface area contributed by atoms with Gasteiger partial charge in [-0.1, -0.05) is 19.1 Å². The molecule has 1 unspecified atom stereocenters. The molecule has 1 rings (SSSR count). The van der Waals surface area contributed by atoms with Gasteiger partial charge in [-0.15, -0.1) is 6.58 Å². The van der Waals surface area contributed by atoms with E-state index in [1.165, 1.54) is 5.56 Å². The molecule has 0 aromatic heterocycles. The lowest BCUT2D eigenvalue weighted by atomic mass is 10.0. The molecule has 0 saturated heterocycles. The summed E-state index contributed by atoms with van der Waals surface area (Å²) in [6, 6.07) is 6.30. The monoisotopic (exact) mass is 302 g/mol. The van der Waals surface area contributed by atoms with Gasteiger partial charge < -0.3 is 4.74 Å². The van der Waals surface area contributed by atoms with Gasteiger partial charge in [0, 0.05) is 0 Å².